The zero-order valence-corrected chi connectivity index (χ0v) is 15.3. The summed E-state index contributed by atoms with van der Waals surface area (Å²) in [7, 11) is 0. The molecular weight excluding hydrogens is 366 g/mol. The van der Waals surface area contributed by atoms with E-state index in [9.17, 15) is 8.78 Å². The molecule has 0 radical (unpaired) electrons. The SMILES string of the molecule is C#Cc1cnc(/C(F)=C/c2ccc(F)c([C@@]3(C)N=C(N)SC4C[C@H]43)c2)cn1. The van der Waals surface area contributed by atoms with Gasteiger partial charge in [0.1, 0.15) is 17.2 Å². The number of halogens is 2. The molecule has 0 spiro atoms. The molecule has 0 saturated heterocycles. The summed E-state index contributed by atoms with van der Waals surface area (Å²) in [5.41, 5.74) is 6.51. The molecule has 1 aromatic heterocycles. The summed E-state index contributed by atoms with van der Waals surface area (Å²) in [6.45, 7) is 1.89. The Morgan fingerprint density at radius 3 is 2.93 bits per heavy atom. The van der Waals surface area contributed by atoms with Gasteiger partial charge in [0.2, 0.25) is 0 Å². The fraction of sp³-hybridized carbons (Fsp3) is 0.250. The van der Waals surface area contributed by atoms with Gasteiger partial charge in [-0.1, -0.05) is 17.8 Å². The Morgan fingerprint density at radius 2 is 2.22 bits per heavy atom. The third kappa shape index (κ3) is 3.21. The summed E-state index contributed by atoms with van der Waals surface area (Å²) in [5.74, 6) is 1.60. The molecule has 2 N–H and O–H groups in total. The molecule has 1 unspecified atom stereocenters. The minimum atomic E-state index is -0.737. The number of terminal acetylenes is 1. The van der Waals surface area contributed by atoms with Crippen molar-refractivity contribution in [3.05, 3.63) is 58.9 Å². The number of nitrogens with zero attached hydrogens (tertiary/aromatic N) is 3. The highest BCUT2D eigenvalue weighted by molar-refractivity contribution is 8.14. The van der Waals surface area contributed by atoms with Crippen molar-refractivity contribution in [3.63, 3.8) is 0 Å². The molecule has 2 heterocycles. The van der Waals surface area contributed by atoms with Crippen LogP contribution in [0.1, 0.15) is 35.9 Å². The molecule has 1 saturated carbocycles. The highest BCUT2D eigenvalue weighted by Gasteiger charge is 2.55. The molecule has 136 valence electrons. The first-order chi connectivity index (χ1) is 12.9. The molecule has 27 heavy (non-hydrogen) atoms. The van der Waals surface area contributed by atoms with E-state index in [1.165, 1.54) is 42.4 Å². The van der Waals surface area contributed by atoms with E-state index in [0.717, 1.165) is 6.42 Å². The minimum Gasteiger partial charge on any atom is -0.379 e. The van der Waals surface area contributed by atoms with Gasteiger partial charge in [0, 0.05) is 16.7 Å². The number of aliphatic imine (C=N–C) groups is 1. The van der Waals surface area contributed by atoms with Crippen LogP contribution in [0.3, 0.4) is 0 Å². The second-order valence-corrected chi connectivity index (χ2v) is 8.02. The van der Waals surface area contributed by atoms with Crippen molar-refractivity contribution in [1.29, 1.82) is 0 Å². The molecule has 2 aliphatic rings. The highest BCUT2D eigenvalue weighted by atomic mass is 32.2. The van der Waals surface area contributed by atoms with Gasteiger partial charge in [0.05, 0.1) is 17.9 Å². The number of benzene rings is 1. The average molecular weight is 382 g/mol. The molecule has 3 atom stereocenters. The molecule has 4 nitrogen and oxygen atoms in total. The van der Waals surface area contributed by atoms with E-state index in [2.05, 4.69) is 20.9 Å². The van der Waals surface area contributed by atoms with E-state index in [1.54, 1.807) is 6.07 Å². The van der Waals surface area contributed by atoms with E-state index in [1.807, 2.05) is 6.92 Å². The number of hydrogen-bond donors (Lipinski definition) is 1. The predicted molar refractivity (Wildman–Crippen MR) is 104 cm³/mol. The van der Waals surface area contributed by atoms with E-state index < -0.39 is 11.4 Å². The van der Waals surface area contributed by atoms with Crippen molar-refractivity contribution in [2.24, 2.45) is 16.6 Å². The summed E-state index contributed by atoms with van der Waals surface area (Å²) < 4.78 is 29.1. The van der Waals surface area contributed by atoms with Crippen LogP contribution in [-0.2, 0) is 5.54 Å². The number of fused-ring (bicyclic) bond motifs is 1. The van der Waals surface area contributed by atoms with Gasteiger partial charge < -0.3 is 5.73 Å². The van der Waals surface area contributed by atoms with Gasteiger partial charge in [-0.05, 0) is 43.0 Å². The standard InChI is InChI=1S/C20H16F2N4S/c1-3-12-9-25-17(10-24-12)16(22)7-11-4-5-15(21)13(6-11)20(2)14-8-18(14)27-19(23)26-20/h1,4-7,9-10,14,18H,8H2,2H3,(H2,23,26)/b16-7-/t14-,18?,20-/m1/s1. The van der Waals surface area contributed by atoms with Crippen LogP contribution in [0.4, 0.5) is 8.78 Å². The van der Waals surface area contributed by atoms with Gasteiger partial charge >= 0.3 is 0 Å². The maximum atomic E-state index is 14.6. The average Bonchev–Trinajstić information content (AvgIpc) is 3.43. The van der Waals surface area contributed by atoms with Crippen molar-refractivity contribution in [1.82, 2.24) is 9.97 Å². The number of thioether (sulfide) groups is 1. The second kappa shape index (κ2) is 6.46. The first kappa shape index (κ1) is 17.7. The van der Waals surface area contributed by atoms with Crippen molar-refractivity contribution >= 4 is 28.8 Å². The zero-order chi connectivity index (χ0) is 19.2. The monoisotopic (exact) mass is 382 g/mol. The van der Waals surface area contributed by atoms with E-state index in [4.69, 9.17) is 12.2 Å². The van der Waals surface area contributed by atoms with Crippen LogP contribution in [0.25, 0.3) is 11.9 Å². The zero-order valence-electron chi connectivity index (χ0n) is 14.5. The molecule has 1 fully saturated rings. The molecule has 1 aliphatic carbocycles. The fourth-order valence-corrected chi connectivity index (χ4v) is 4.70. The van der Waals surface area contributed by atoms with Gasteiger partial charge in [-0.15, -0.1) is 6.42 Å². The number of nitrogens with two attached hydrogens (primary N) is 1. The van der Waals surface area contributed by atoms with Crippen LogP contribution >= 0.6 is 11.8 Å². The van der Waals surface area contributed by atoms with Gasteiger partial charge in [-0.3, -0.25) is 4.99 Å². The highest BCUT2D eigenvalue weighted by Crippen LogP contribution is 2.57. The first-order valence-corrected chi connectivity index (χ1v) is 9.27. The van der Waals surface area contributed by atoms with Crippen molar-refractivity contribution in [2.45, 2.75) is 24.1 Å². The first-order valence-electron chi connectivity index (χ1n) is 8.39. The van der Waals surface area contributed by atoms with Gasteiger partial charge in [0.25, 0.3) is 0 Å². The molecule has 0 bridgehead atoms. The lowest BCUT2D eigenvalue weighted by Gasteiger charge is -2.30. The summed E-state index contributed by atoms with van der Waals surface area (Å²) in [4.78, 5) is 12.4. The van der Waals surface area contributed by atoms with Crippen LogP contribution in [0.15, 0.2) is 35.6 Å². The minimum absolute atomic E-state index is 0.0599. The maximum Gasteiger partial charge on any atom is 0.155 e. The lowest BCUT2D eigenvalue weighted by molar-refractivity contribution is 0.408. The van der Waals surface area contributed by atoms with E-state index in [0.29, 0.717) is 27.2 Å². The van der Waals surface area contributed by atoms with Crippen molar-refractivity contribution in [2.75, 3.05) is 0 Å². The molecule has 2 aromatic rings. The quantitative estimate of drug-likeness (QED) is 0.822. The van der Waals surface area contributed by atoms with Crippen LogP contribution in [-0.4, -0.2) is 20.4 Å². The summed E-state index contributed by atoms with van der Waals surface area (Å²) >= 11 is 1.54. The smallest absolute Gasteiger partial charge is 0.155 e. The van der Waals surface area contributed by atoms with Crippen LogP contribution < -0.4 is 5.73 Å². The maximum absolute atomic E-state index is 14.6. The van der Waals surface area contributed by atoms with Gasteiger partial charge in [-0.25, -0.2) is 18.7 Å². The Bertz CT molecular complexity index is 1010. The third-order valence-corrected chi connectivity index (χ3v) is 6.10. The summed E-state index contributed by atoms with van der Waals surface area (Å²) in [6, 6.07) is 4.47. The second-order valence-electron chi connectivity index (χ2n) is 6.76. The lowest BCUT2D eigenvalue weighted by atomic mass is 9.86. The summed E-state index contributed by atoms with van der Waals surface area (Å²) in [6.07, 6.45) is 10.0. The molecule has 7 heteroatoms. The van der Waals surface area contributed by atoms with Crippen molar-refractivity contribution < 1.29 is 8.78 Å². The van der Waals surface area contributed by atoms with Crippen molar-refractivity contribution in [3.8, 4) is 12.3 Å². The topological polar surface area (TPSA) is 64.2 Å². The third-order valence-electron chi connectivity index (χ3n) is 4.94. The molecule has 4 rings (SSSR count). The Labute approximate surface area is 160 Å². The van der Waals surface area contributed by atoms with E-state index >= 15 is 0 Å². The largest absolute Gasteiger partial charge is 0.379 e. The fourth-order valence-electron chi connectivity index (χ4n) is 3.41. The van der Waals surface area contributed by atoms with E-state index in [-0.39, 0.29) is 17.4 Å². The number of hydrogen-bond acceptors (Lipinski definition) is 5. The normalized spacial score (nSPS) is 26.7. The molecule has 0 amide bonds. The summed E-state index contributed by atoms with van der Waals surface area (Å²) in [5, 5.41) is 0.833. The Morgan fingerprint density at radius 1 is 1.41 bits per heavy atom. The Hall–Kier alpha value is -2.72. The molecular formula is C20H16F2N4S. The Balaban J connectivity index is 1.70. The molecule has 1 aliphatic heterocycles. The number of amidine groups is 1. The number of rotatable bonds is 3. The number of aromatic nitrogens is 2. The van der Waals surface area contributed by atoms with Crippen LogP contribution in [0, 0.1) is 24.1 Å². The van der Waals surface area contributed by atoms with Crippen LogP contribution in [0.5, 0.6) is 0 Å². The predicted octanol–water partition coefficient (Wildman–Crippen LogP) is 3.73. The van der Waals surface area contributed by atoms with Gasteiger partial charge in [-0.2, -0.15) is 0 Å². The lowest BCUT2D eigenvalue weighted by Crippen LogP contribution is -2.31. The van der Waals surface area contributed by atoms with Gasteiger partial charge in [0.15, 0.2) is 11.0 Å². The Kier molecular flexibility index (Phi) is 4.23. The molecule has 1 aromatic carbocycles. The van der Waals surface area contributed by atoms with Crippen LogP contribution in [0.2, 0.25) is 0 Å².